The van der Waals surface area contributed by atoms with Gasteiger partial charge in [-0.2, -0.15) is 0 Å². The van der Waals surface area contributed by atoms with Crippen LogP contribution in [-0.2, 0) is 9.47 Å². The summed E-state index contributed by atoms with van der Waals surface area (Å²) in [5.41, 5.74) is 2.14. The molecule has 0 aromatic carbocycles. The Kier molecular flexibility index (Phi) is 3.45. The molecule has 1 fully saturated rings. The number of nitrogens with zero attached hydrogens (tertiary/aromatic N) is 2. The summed E-state index contributed by atoms with van der Waals surface area (Å²) < 4.78 is 11.3. The first-order valence-electron chi connectivity index (χ1n) is 6.42. The number of rotatable bonds is 3. The summed E-state index contributed by atoms with van der Waals surface area (Å²) >= 11 is 0. The van der Waals surface area contributed by atoms with Crippen molar-refractivity contribution < 1.29 is 14.6 Å². The van der Waals surface area contributed by atoms with E-state index < -0.39 is 0 Å². The van der Waals surface area contributed by atoms with Crippen LogP contribution >= 0.6 is 0 Å². The van der Waals surface area contributed by atoms with Gasteiger partial charge in [0.1, 0.15) is 6.10 Å². The lowest BCUT2D eigenvalue weighted by molar-refractivity contribution is -0.00237. The number of morpholine rings is 1. The van der Waals surface area contributed by atoms with E-state index in [-0.39, 0.29) is 12.7 Å². The molecule has 0 aliphatic carbocycles. The zero-order chi connectivity index (χ0) is 12.4. The third-order valence-electron chi connectivity index (χ3n) is 3.55. The quantitative estimate of drug-likeness (QED) is 0.857. The maximum Gasteiger partial charge on any atom is 0.104 e. The van der Waals surface area contributed by atoms with Crippen LogP contribution < -0.4 is 4.90 Å². The molecular weight excluding hydrogens is 232 g/mol. The van der Waals surface area contributed by atoms with Crippen LogP contribution in [0.2, 0.25) is 0 Å². The second kappa shape index (κ2) is 5.22. The highest BCUT2D eigenvalue weighted by Gasteiger charge is 2.35. The number of aliphatic hydroxyl groups is 1. The second-order valence-corrected chi connectivity index (χ2v) is 4.65. The molecule has 0 amide bonds. The molecule has 3 rings (SSSR count). The average Bonchev–Trinajstić information content (AvgIpc) is 2.45. The molecule has 5 heteroatoms. The maximum atomic E-state index is 8.90. The SMILES string of the molecule is OCCOC1CC2COCCN2c2cccnc21. The number of hydrogen-bond acceptors (Lipinski definition) is 5. The molecule has 0 saturated carbocycles. The Morgan fingerprint density at radius 3 is 3.39 bits per heavy atom. The smallest absolute Gasteiger partial charge is 0.104 e. The van der Waals surface area contributed by atoms with Crippen LogP contribution in [0.1, 0.15) is 18.2 Å². The summed E-state index contributed by atoms with van der Waals surface area (Å²) in [4.78, 5) is 6.82. The number of aliphatic hydroxyl groups excluding tert-OH is 1. The molecule has 5 nitrogen and oxygen atoms in total. The zero-order valence-electron chi connectivity index (χ0n) is 10.3. The van der Waals surface area contributed by atoms with Crippen molar-refractivity contribution in [2.75, 3.05) is 37.9 Å². The van der Waals surface area contributed by atoms with Crippen LogP contribution in [0.4, 0.5) is 5.69 Å². The van der Waals surface area contributed by atoms with E-state index in [1.807, 2.05) is 6.07 Å². The summed E-state index contributed by atoms with van der Waals surface area (Å²) in [6.45, 7) is 2.83. The second-order valence-electron chi connectivity index (χ2n) is 4.65. The summed E-state index contributed by atoms with van der Waals surface area (Å²) in [6, 6.07) is 4.41. The van der Waals surface area contributed by atoms with Crippen molar-refractivity contribution in [3.8, 4) is 0 Å². The van der Waals surface area contributed by atoms with Gasteiger partial charge in [0.05, 0.1) is 43.9 Å². The highest BCUT2D eigenvalue weighted by Crippen LogP contribution is 2.38. The molecule has 1 N–H and O–H groups in total. The van der Waals surface area contributed by atoms with E-state index in [0.717, 1.165) is 37.6 Å². The van der Waals surface area contributed by atoms with E-state index in [4.69, 9.17) is 14.6 Å². The fourth-order valence-electron chi connectivity index (χ4n) is 2.77. The standard InChI is InChI=1S/C13H18N2O3/c16-5-7-18-12-8-10-9-17-6-4-15(10)11-2-1-3-14-13(11)12/h1-3,10,12,16H,4-9H2. The fraction of sp³-hybridized carbons (Fsp3) is 0.615. The molecule has 2 atom stereocenters. The molecule has 2 aliphatic rings. The lowest BCUT2D eigenvalue weighted by atomic mass is 9.96. The van der Waals surface area contributed by atoms with Gasteiger partial charge >= 0.3 is 0 Å². The number of ether oxygens (including phenoxy) is 2. The Morgan fingerprint density at radius 2 is 2.50 bits per heavy atom. The average molecular weight is 250 g/mol. The third kappa shape index (κ3) is 2.09. The zero-order valence-corrected chi connectivity index (χ0v) is 10.3. The summed E-state index contributed by atoms with van der Waals surface area (Å²) in [6.07, 6.45) is 2.65. The predicted molar refractivity (Wildman–Crippen MR) is 66.6 cm³/mol. The van der Waals surface area contributed by atoms with E-state index in [9.17, 15) is 0 Å². The minimum absolute atomic E-state index is 0.0312. The van der Waals surface area contributed by atoms with Gasteiger partial charge in [0.25, 0.3) is 0 Å². The van der Waals surface area contributed by atoms with Crippen LogP contribution in [0.5, 0.6) is 0 Å². The summed E-state index contributed by atoms with van der Waals surface area (Å²) in [5, 5.41) is 8.90. The molecule has 1 aromatic rings. The van der Waals surface area contributed by atoms with Crippen LogP contribution in [0.3, 0.4) is 0 Å². The Morgan fingerprint density at radius 1 is 1.56 bits per heavy atom. The molecule has 1 aromatic heterocycles. The Balaban J connectivity index is 1.89. The lowest BCUT2D eigenvalue weighted by Crippen LogP contribution is -2.49. The maximum absolute atomic E-state index is 8.90. The van der Waals surface area contributed by atoms with Crippen molar-refractivity contribution in [1.82, 2.24) is 4.98 Å². The molecule has 1 saturated heterocycles. The number of fused-ring (bicyclic) bond motifs is 3. The van der Waals surface area contributed by atoms with Gasteiger partial charge in [0, 0.05) is 19.2 Å². The minimum Gasteiger partial charge on any atom is -0.394 e. The van der Waals surface area contributed by atoms with E-state index >= 15 is 0 Å². The van der Waals surface area contributed by atoms with Gasteiger partial charge in [-0.25, -0.2) is 0 Å². The van der Waals surface area contributed by atoms with E-state index in [1.165, 1.54) is 0 Å². The topological polar surface area (TPSA) is 54.8 Å². The fourth-order valence-corrected chi connectivity index (χ4v) is 2.77. The molecule has 0 bridgehead atoms. The van der Waals surface area contributed by atoms with Gasteiger partial charge in [-0.1, -0.05) is 0 Å². The van der Waals surface area contributed by atoms with Crippen molar-refractivity contribution in [2.24, 2.45) is 0 Å². The first-order chi connectivity index (χ1) is 8.90. The molecular formula is C13H18N2O3. The highest BCUT2D eigenvalue weighted by molar-refractivity contribution is 5.55. The molecule has 18 heavy (non-hydrogen) atoms. The Bertz CT molecular complexity index is 413. The van der Waals surface area contributed by atoms with Gasteiger partial charge in [-0.05, 0) is 12.1 Å². The van der Waals surface area contributed by atoms with Crippen LogP contribution in [0, 0.1) is 0 Å². The van der Waals surface area contributed by atoms with Crippen molar-refractivity contribution in [3.63, 3.8) is 0 Å². The first-order valence-corrected chi connectivity index (χ1v) is 6.42. The molecule has 0 radical (unpaired) electrons. The van der Waals surface area contributed by atoms with Crippen molar-refractivity contribution >= 4 is 5.69 Å². The van der Waals surface area contributed by atoms with Crippen LogP contribution in [0.15, 0.2) is 18.3 Å². The minimum atomic E-state index is -0.0312. The monoisotopic (exact) mass is 250 g/mol. The number of pyridine rings is 1. The first kappa shape index (κ1) is 11.9. The molecule has 98 valence electrons. The Labute approximate surface area is 106 Å². The summed E-state index contributed by atoms with van der Waals surface area (Å²) in [5.74, 6) is 0. The number of anilines is 1. The van der Waals surface area contributed by atoms with Gasteiger partial charge in [-0.15, -0.1) is 0 Å². The molecule has 3 heterocycles. The van der Waals surface area contributed by atoms with Crippen LogP contribution in [0.25, 0.3) is 0 Å². The largest absolute Gasteiger partial charge is 0.394 e. The highest BCUT2D eigenvalue weighted by atomic mass is 16.5. The van der Waals surface area contributed by atoms with Crippen molar-refractivity contribution in [3.05, 3.63) is 24.0 Å². The lowest BCUT2D eigenvalue weighted by Gasteiger charge is -2.43. The molecule has 2 unspecified atom stereocenters. The van der Waals surface area contributed by atoms with E-state index in [0.29, 0.717) is 12.6 Å². The van der Waals surface area contributed by atoms with Gasteiger partial charge in [0.15, 0.2) is 0 Å². The van der Waals surface area contributed by atoms with Crippen molar-refractivity contribution in [1.29, 1.82) is 0 Å². The van der Waals surface area contributed by atoms with Gasteiger partial charge < -0.3 is 19.5 Å². The van der Waals surface area contributed by atoms with Gasteiger partial charge in [-0.3, -0.25) is 4.98 Å². The summed E-state index contributed by atoms with van der Waals surface area (Å²) in [7, 11) is 0. The normalized spacial score (nSPS) is 26.6. The van der Waals surface area contributed by atoms with Gasteiger partial charge in [0.2, 0.25) is 0 Å². The molecule has 2 aliphatic heterocycles. The van der Waals surface area contributed by atoms with E-state index in [1.54, 1.807) is 6.20 Å². The predicted octanol–water partition coefficient (Wildman–Crippen LogP) is 0.740. The third-order valence-corrected chi connectivity index (χ3v) is 3.55. The van der Waals surface area contributed by atoms with E-state index in [2.05, 4.69) is 16.0 Å². The molecule has 0 spiro atoms. The van der Waals surface area contributed by atoms with Crippen LogP contribution in [-0.4, -0.2) is 49.1 Å². The Hall–Kier alpha value is -1.17. The van der Waals surface area contributed by atoms with Crippen molar-refractivity contribution in [2.45, 2.75) is 18.6 Å². The number of aromatic nitrogens is 1. The number of hydrogen-bond donors (Lipinski definition) is 1.